The number of carboxylic acids is 1. The maximum absolute atomic E-state index is 12.2. The number of piperidine rings is 1. The summed E-state index contributed by atoms with van der Waals surface area (Å²) in [5.74, 6) is -0.168. The van der Waals surface area contributed by atoms with E-state index in [4.69, 9.17) is 5.11 Å². The fourth-order valence-electron chi connectivity index (χ4n) is 3.25. The second-order valence-corrected chi connectivity index (χ2v) is 5.68. The molecule has 2 fully saturated rings. The fraction of sp³-hybridized carbons (Fsp3) is 0.467. The van der Waals surface area contributed by atoms with Crippen molar-refractivity contribution in [2.45, 2.75) is 31.7 Å². The standard InChI is InChI=1S/C15H18N2O3/c18-14(19)8-10-1-4-12(5-2-10)16-15(20)17-9-11-3-6-13(17)7-11/h1-2,4-5,11,13H,3,6-9H2,(H,16,20)(H,18,19). The van der Waals surface area contributed by atoms with Crippen LogP contribution in [0.4, 0.5) is 10.5 Å². The second kappa shape index (κ2) is 5.15. The lowest BCUT2D eigenvalue weighted by molar-refractivity contribution is -0.136. The van der Waals surface area contributed by atoms with Crippen molar-refractivity contribution >= 4 is 17.7 Å². The number of rotatable bonds is 3. The highest BCUT2D eigenvalue weighted by Crippen LogP contribution is 2.37. The smallest absolute Gasteiger partial charge is 0.322 e. The molecule has 0 radical (unpaired) electrons. The summed E-state index contributed by atoms with van der Waals surface area (Å²) in [6.07, 6.45) is 3.52. The van der Waals surface area contributed by atoms with Gasteiger partial charge in [-0.25, -0.2) is 4.79 Å². The number of anilines is 1. The predicted octanol–water partition coefficient (Wildman–Crippen LogP) is 2.33. The number of nitrogens with zero attached hydrogens (tertiary/aromatic N) is 1. The SMILES string of the molecule is O=C(O)Cc1ccc(NC(=O)N2CC3CCC2C3)cc1. The van der Waals surface area contributed by atoms with E-state index in [0.29, 0.717) is 17.6 Å². The minimum Gasteiger partial charge on any atom is -0.481 e. The zero-order chi connectivity index (χ0) is 14.1. The molecule has 0 aromatic heterocycles. The van der Waals surface area contributed by atoms with Crippen LogP contribution in [0.2, 0.25) is 0 Å². The summed E-state index contributed by atoms with van der Waals surface area (Å²) in [7, 11) is 0. The summed E-state index contributed by atoms with van der Waals surface area (Å²) >= 11 is 0. The Morgan fingerprint density at radius 1 is 1.25 bits per heavy atom. The fourth-order valence-corrected chi connectivity index (χ4v) is 3.25. The number of aliphatic carboxylic acids is 1. The molecule has 1 heterocycles. The van der Waals surface area contributed by atoms with Crippen LogP contribution < -0.4 is 5.32 Å². The lowest BCUT2D eigenvalue weighted by Crippen LogP contribution is -2.40. The van der Waals surface area contributed by atoms with E-state index in [1.54, 1.807) is 24.3 Å². The van der Waals surface area contributed by atoms with Crippen molar-refractivity contribution in [2.75, 3.05) is 11.9 Å². The lowest BCUT2D eigenvalue weighted by Gasteiger charge is -2.27. The Bertz CT molecular complexity index is 526. The van der Waals surface area contributed by atoms with E-state index in [9.17, 15) is 9.59 Å². The van der Waals surface area contributed by atoms with Gasteiger partial charge in [-0.3, -0.25) is 4.79 Å². The molecule has 3 rings (SSSR count). The number of fused-ring (bicyclic) bond motifs is 2. The molecule has 2 unspecified atom stereocenters. The number of amides is 2. The number of likely N-dealkylation sites (tertiary alicyclic amines) is 1. The first-order valence-corrected chi connectivity index (χ1v) is 7.00. The van der Waals surface area contributed by atoms with Crippen LogP contribution in [0.15, 0.2) is 24.3 Å². The van der Waals surface area contributed by atoms with Crippen LogP contribution in [0.25, 0.3) is 0 Å². The molecule has 1 saturated heterocycles. The minimum atomic E-state index is -0.852. The third-order valence-corrected chi connectivity index (χ3v) is 4.23. The molecule has 2 N–H and O–H groups in total. The molecular weight excluding hydrogens is 256 g/mol. The van der Waals surface area contributed by atoms with Gasteiger partial charge in [0.15, 0.2) is 0 Å². The molecule has 0 spiro atoms. The van der Waals surface area contributed by atoms with Crippen LogP contribution in [0.3, 0.4) is 0 Å². The van der Waals surface area contributed by atoms with Crippen molar-refractivity contribution in [2.24, 2.45) is 5.92 Å². The lowest BCUT2D eigenvalue weighted by atomic mass is 10.1. The first-order valence-electron chi connectivity index (χ1n) is 7.00. The van der Waals surface area contributed by atoms with E-state index >= 15 is 0 Å². The van der Waals surface area contributed by atoms with E-state index in [2.05, 4.69) is 5.32 Å². The van der Waals surface area contributed by atoms with Gasteiger partial charge in [0.2, 0.25) is 0 Å². The third-order valence-electron chi connectivity index (χ3n) is 4.23. The Morgan fingerprint density at radius 2 is 2.00 bits per heavy atom. The van der Waals surface area contributed by atoms with Crippen molar-refractivity contribution in [1.29, 1.82) is 0 Å². The molecule has 1 saturated carbocycles. The molecule has 1 aliphatic carbocycles. The van der Waals surface area contributed by atoms with E-state index in [1.807, 2.05) is 4.90 Å². The molecule has 2 amide bonds. The highest BCUT2D eigenvalue weighted by molar-refractivity contribution is 5.89. The van der Waals surface area contributed by atoms with Crippen LogP contribution in [-0.4, -0.2) is 34.6 Å². The molecule has 2 atom stereocenters. The molecule has 20 heavy (non-hydrogen) atoms. The monoisotopic (exact) mass is 274 g/mol. The molecule has 2 aliphatic rings. The van der Waals surface area contributed by atoms with Crippen molar-refractivity contribution < 1.29 is 14.7 Å². The molecule has 106 valence electrons. The van der Waals surface area contributed by atoms with Gasteiger partial charge >= 0.3 is 12.0 Å². The zero-order valence-corrected chi connectivity index (χ0v) is 11.2. The average molecular weight is 274 g/mol. The van der Waals surface area contributed by atoms with Gasteiger partial charge in [0, 0.05) is 18.3 Å². The van der Waals surface area contributed by atoms with Gasteiger partial charge in [-0.15, -0.1) is 0 Å². The Hall–Kier alpha value is -2.04. The second-order valence-electron chi connectivity index (χ2n) is 5.68. The Morgan fingerprint density at radius 3 is 2.55 bits per heavy atom. The predicted molar refractivity (Wildman–Crippen MR) is 74.6 cm³/mol. The third kappa shape index (κ3) is 2.61. The highest BCUT2D eigenvalue weighted by atomic mass is 16.4. The molecule has 1 aromatic carbocycles. The number of carbonyl (C=O) groups excluding carboxylic acids is 1. The number of benzene rings is 1. The quantitative estimate of drug-likeness (QED) is 0.888. The summed E-state index contributed by atoms with van der Waals surface area (Å²) in [5, 5.41) is 11.6. The van der Waals surface area contributed by atoms with Crippen LogP contribution in [0.5, 0.6) is 0 Å². The summed E-state index contributed by atoms with van der Waals surface area (Å²) < 4.78 is 0. The van der Waals surface area contributed by atoms with Gasteiger partial charge in [0.1, 0.15) is 0 Å². The van der Waals surface area contributed by atoms with Crippen LogP contribution >= 0.6 is 0 Å². The Kier molecular flexibility index (Phi) is 3.34. The summed E-state index contributed by atoms with van der Waals surface area (Å²) in [6, 6.07) is 7.35. The number of carboxylic acid groups (broad SMARTS) is 1. The van der Waals surface area contributed by atoms with E-state index in [1.165, 1.54) is 6.42 Å². The first kappa shape index (κ1) is 13.0. The Labute approximate surface area is 117 Å². The number of urea groups is 1. The number of carbonyl (C=O) groups is 2. The van der Waals surface area contributed by atoms with Gasteiger partial charge in [0.05, 0.1) is 6.42 Å². The Balaban J connectivity index is 1.60. The highest BCUT2D eigenvalue weighted by Gasteiger charge is 2.40. The number of nitrogens with one attached hydrogen (secondary N) is 1. The molecule has 5 nitrogen and oxygen atoms in total. The normalized spacial score (nSPS) is 23.9. The van der Waals surface area contributed by atoms with Crippen molar-refractivity contribution in [3.63, 3.8) is 0 Å². The summed E-state index contributed by atoms with van der Waals surface area (Å²) in [4.78, 5) is 24.7. The average Bonchev–Trinajstić information content (AvgIpc) is 3.03. The van der Waals surface area contributed by atoms with Crippen molar-refractivity contribution in [3.05, 3.63) is 29.8 Å². The van der Waals surface area contributed by atoms with Gasteiger partial charge < -0.3 is 15.3 Å². The topological polar surface area (TPSA) is 69.6 Å². The molecule has 2 bridgehead atoms. The van der Waals surface area contributed by atoms with Gasteiger partial charge in [-0.1, -0.05) is 12.1 Å². The first-order chi connectivity index (χ1) is 9.61. The molecular formula is C15H18N2O3. The van der Waals surface area contributed by atoms with Crippen LogP contribution in [0.1, 0.15) is 24.8 Å². The molecule has 1 aliphatic heterocycles. The number of hydrogen-bond acceptors (Lipinski definition) is 2. The maximum Gasteiger partial charge on any atom is 0.322 e. The maximum atomic E-state index is 12.2. The van der Waals surface area contributed by atoms with Crippen molar-refractivity contribution in [3.8, 4) is 0 Å². The number of hydrogen-bond donors (Lipinski definition) is 2. The van der Waals surface area contributed by atoms with Crippen molar-refractivity contribution in [1.82, 2.24) is 4.90 Å². The van der Waals surface area contributed by atoms with Crippen LogP contribution in [0, 0.1) is 5.92 Å². The van der Waals surface area contributed by atoms with Gasteiger partial charge in [0.25, 0.3) is 0 Å². The summed E-state index contributed by atoms with van der Waals surface area (Å²) in [6.45, 7) is 0.869. The van der Waals surface area contributed by atoms with Gasteiger partial charge in [-0.2, -0.15) is 0 Å². The largest absolute Gasteiger partial charge is 0.481 e. The molecule has 5 heteroatoms. The summed E-state index contributed by atoms with van der Waals surface area (Å²) in [5.41, 5.74) is 1.45. The van der Waals surface area contributed by atoms with Crippen LogP contribution in [-0.2, 0) is 11.2 Å². The van der Waals surface area contributed by atoms with E-state index in [0.717, 1.165) is 24.9 Å². The van der Waals surface area contributed by atoms with E-state index in [-0.39, 0.29) is 12.5 Å². The van der Waals surface area contributed by atoms with E-state index < -0.39 is 5.97 Å². The molecule has 1 aromatic rings. The zero-order valence-electron chi connectivity index (χ0n) is 11.2. The minimum absolute atomic E-state index is 0.00407. The van der Waals surface area contributed by atoms with Gasteiger partial charge in [-0.05, 0) is 42.9 Å².